The lowest BCUT2D eigenvalue weighted by Crippen LogP contribution is -2.00. The molecule has 0 saturated heterocycles. The number of ether oxygens (including phenoxy) is 1. The number of hydrogen-bond acceptors (Lipinski definition) is 3. The molecule has 1 aromatic heterocycles. The maximum Gasteiger partial charge on any atom is 0.141 e. The van der Waals surface area contributed by atoms with E-state index in [1.165, 1.54) is 0 Å². The lowest BCUT2D eigenvalue weighted by Gasteiger charge is -2.08. The monoisotopic (exact) mass is 295 g/mol. The van der Waals surface area contributed by atoms with Crippen molar-refractivity contribution in [2.24, 2.45) is 5.73 Å². The van der Waals surface area contributed by atoms with Gasteiger partial charge in [0.2, 0.25) is 0 Å². The molecule has 0 atom stereocenters. The van der Waals surface area contributed by atoms with Gasteiger partial charge in [0.15, 0.2) is 0 Å². The van der Waals surface area contributed by atoms with E-state index in [0.717, 1.165) is 46.7 Å². The number of nitrogens with two attached hydrogens (primary N) is 1. The SMILES string of the molecule is CCCn1c(-c2ccc(CN)cc2)nc2cc(OC)ccc21. The van der Waals surface area contributed by atoms with Crippen LogP contribution in [0, 0.1) is 0 Å². The molecule has 0 radical (unpaired) electrons. The summed E-state index contributed by atoms with van der Waals surface area (Å²) in [6.07, 6.45) is 1.06. The van der Waals surface area contributed by atoms with E-state index in [1.807, 2.05) is 12.1 Å². The molecule has 0 spiro atoms. The van der Waals surface area contributed by atoms with Crippen molar-refractivity contribution >= 4 is 11.0 Å². The number of aryl methyl sites for hydroxylation is 1. The van der Waals surface area contributed by atoms with Gasteiger partial charge >= 0.3 is 0 Å². The van der Waals surface area contributed by atoms with Crippen LogP contribution in [-0.2, 0) is 13.1 Å². The predicted octanol–water partition coefficient (Wildman–Crippen LogP) is 3.58. The molecular weight excluding hydrogens is 274 g/mol. The summed E-state index contributed by atoms with van der Waals surface area (Å²) in [6, 6.07) is 14.3. The number of benzene rings is 2. The largest absolute Gasteiger partial charge is 0.497 e. The Kier molecular flexibility index (Phi) is 4.11. The summed E-state index contributed by atoms with van der Waals surface area (Å²) in [5.41, 5.74) is 10.0. The zero-order chi connectivity index (χ0) is 15.5. The van der Waals surface area contributed by atoms with Gasteiger partial charge in [0.05, 0.1) is 18.1 Å². The summed E-state index contributed by atoms with van der Waals surface area (Å²) < 4.78 is 7.57. The van der Waals surface area contributed by atoms with Gasteiger partial charge in [-0.15, -0.1) is 0 Å². The Hall–Kier alpha value is -2.33. The highest BCUT2D eigenvalue weighted by atomic mass is 16.5. The highest BCUT2D eigenvalue weighted by molar-refractivity contribution is 5.82. The minimum absolute atomic E-state index is 0.558. The topological polar surface area (TPSA) is 53.1 Å². The molecular formula is C18H21N3O. The Bertz CT molecular complexity index is 775. The average molecular weight is 295 g/mol. The second-order valence-corrected chi connectivity index (χ2v) is 5.34. The van der Waals surface area contributed by atoms with Crippen LogP contribution in [-0.4, -0.2) is 16.7 Å². The van der Waals surface area contributed by atoms with Gasteiger partial charge < -0.3 is 15.0 Å². The van der Waals surface area contributed by atoms with Crippen molar-refractivity contribution in [1.29, 1.82) is 0 Å². The van der Waals surface area contributed by atoms with Gasteiger partial charge in [-0.25, -0.2) is 4.98 Å². The minimum atomic E-state index is 0.558. The highest BCUT2D eigenvalue weighted by Crippen LogP contribution is 2.28. The predicted molar refractivity (Wildman–Crippen MR) is 89.9 cm³/mol. The number of nitrogens with zero attached hydrogens (tertiary/aromatic N) is 2. The Balaban J connectivity index is 2.15. The van der Waals surface area contributed by atoms with Crippen molar-refractivity contribution in [2.45, 2.75) is 26.4 Å². The zero-order valence-corrected chi connectivity index (χ0v) is 13.0. The van der Waals surface area contributed by atoms with E-state index >= 15 is 0 Å². The molecule has 2 aromatic carbocycles. The normalized spacial score (nSPS) is 11.0. The third kappa shape index (κ3) is 2.57. The number of rotatable bonds is 5. The van der Waals surface area contributed by atoms with Crippen molar-refractivity contribution in [3.63, 3.8) is 0 Å². The number of methoxy groups -OCH3 is 1. The van der Waals surface area contributed by atoms with E-state index in [-0.39, 0.29) is 0 Å². The van der Waals surface area contributed by atoms with Crippen LogP contribution in [0.1, 0.15) is 18.9 Å². The number of aromatic nitrogens is 2. The first-order valence-electron chi connectivity index (χ1n) is 7.60. The standard InChI is InChI=1S/C18H21N3O/c1-3-10-21-17-9-8-15(22-2)11-16(17)20-18(21)14-6-4-13(12-19)5-7-14/h4-9,11H,3,10,12,19H2,1-2H3. The number of imidazole rings is 1. The molecule has 0 aliphatic rings. The van der Waals surface area contributed by atoms with Gasteiger partial charge in [-0.05, 0) is 24.1 Å². The van der Waals surface area contributed by atoms with E-state index < -0.39 is 0 Å². The lowest BCUT2D eigenvalue weighted by molar-refractivity contribution is 0.415. The second-order valence-electron chi connectivity index (χ2n) is 5.34. The molecule has 4 heteroatoms. The summed E-state index contributed by atoms with van der Waals surface area (Å²) >= 11 is 0. The third-order valence-corrected chi connectivity index (χ3v) is 3.85. The van der Waals surface area contributed by atoms with Crippen molar-refractivity contribution in [2.75, 3.05) is 7.11 Å². The molecule has 0 aliphatic heterocycles. The Morgan fingerprint density at radius 1 is 1.14 bits per heavy atom. The van der Waals surface area contributed by atoms with Crippen LogP contribution in [0.25, 0.3) is 22.4 Å². The first-order chi connectivity index (χ1) is 10.8. The van der Waals surface area contributed by atoms with E-state index in [4.69, 9.17) is 15.5 Å². The molecule has 2 N–H and O–H groups in total. The molecule has 0 fully saturated rings. The van der Waals surface area contributed by atoms with E-state index in [2.05, 4.69) is 41.8 Å². The molecule has 0 aliphatic carbocycles. The van der Waals surface area contributed by atoms with Crippen molar-refractivity contribution in [3.8, 4) is 17.1 Å². The Morgan fingerprint density at radius 2 is 1.91 bits per heavy atom. The maximum absolute atomic E-state index is 5.67. The van der Waals surface area contributed by atoms with Crippen LogP contribution < -0.4 is 10.5 Å². The fraction of sp³-hybridized carbons (Fsp3) is 0.278. The Labute approximate surface area is 130 Å². The van der Waals surface area contributed by atoms with E-state index in [0.29, 0.717) is 6.54 Å². The number of hydrogen-bond donors (Lipinski definition) is 1. The van der Waals surface area contributed by atoms with Gasteiger partial charge in [-0.2, -0.15) is 0 Å². The van der Waals surface area contributed by atoms with Crippen molar-refractivity contribution in [1.82, 2.24) is 9.55 Å². The van der Waals surface area contributed by atoms with Gasteiger partial charge in [0.1, 0.15) is 11.6 Å². The first-order valence-corrected chi connectivity index (χ1v) is 7.60. The molecule has 3 rings (SSSR count). The van der Waals surface area contributed by atoms with Gasteiger partial charge in [0, 0.05) is 24.7 Å². The molecule has 0 amide bonds. The average Bonchev–Trinajstić information content (AvgIpc) is 2.93. The quantitative estimate of drug-likeness (QED) is 0.782. The van der Waals surface area contributed by atoms with E-state index in [9.17, 15) is 0 Å². The van der Waals surface area contributed by atoms with Crippen LogP contribution in [0.4, 0.5) is 0 Å². The van der Waals surface area contributed by atoms with Crippen molar-refractivity contribution < 1.29 is 4.74 Å². The maximum atomic E-state index is 5.67. The van der Waals surface area contributed by atoms with Gasteiger partial charge in [-0.3, -0.25) is 0 Å². The van der Waals surface area contributed by atoms with Crippen molar-refractivity contribution in [3.05, 3.63) is 48.0 Å². The van der Waals surface area contributed by atoms with Gasteiger partial charge in [-0.1, -0.05) is 31.2 Å². The molecule has 114 valence electrons. The fourth-order valence-corrected chi connectivity index (χ4v) is 2.70. The summed E-state index contributed by atoms with van der Waals surface area (Å²) in [5, 5.41) is 0. The molecule has 4 nitrogen and oxygen atoms in total. The van der Waals surface area contributed by atoms with Crippen LogP contribution in [0.3, 0.4) is 0 Å². The molecule has 3 aromatic rings. The molecule has 1 heterocycles. The fourth-order valence-electron chi connectivity index (χ4n) is 2.70. The van der Waals surface area contributed by atoms with Gasteiger partial charge in [0.25, 0.3) is 0 Å². The minimum Gasteiger partial charge on any atom is -0.497 e. The van der Waals surface area contributed by atoms with Crippen LogP contribution in [0.5, 0.6) is 5.75 Å². The smallest absolute Gasteiger partial charge is 0.141 e. The summed E-state index contributed by atoms with van der Waals surface area (Å²) in [4.78, 5) is 4.82. The zero-order valence-electron chi connectivity index (χ0n) is 13.0. The van der Waals surface area contributed by atoms with Crippen LogP contribution in [0.15, 0.2) is 42.5 Å². The van der Waals surface area contributed by atoms with E-state index in [1.54, 1.807) is 7.11 Å². The molecule has 0 bridgehead atoms. The molecule has 0 saturated carbocycles. The Morgan fingerprint density at radius 3 is 2.55 bits per heavy atom. The molecule has 0 unspecified atom stereocenters. The molecule has 22 heavy (non-hydrogen) atoms. The van der Waals surface area contributed by atoms with Crippen LogP contribution in [0.2, 0.25) is 0 Å². The second kappa shape index (κ2) is 6.20. The highest BCUT2D eigenvalue weighted by Gasteiger charge is 2.12. The summed E-state index contributed by atoms with van der Waals surface area (Å²) in [5.74, 6) is 1.83. The summed E-state index contributed by atoms with van der Waals surface area (Å²) in [7, 11) is 1.68. The first kappa shape index (κ1) is 14.6. The number of fused-ring (bicyclic) bond motifs is 1. The van der Waals surface area contributed by atoms with Crippen LogP contribution >= 0.6 is 0 Å². The summed E-state index contributed by atoms with van der Waals surface area (Å²) in [6.45, 7) is 3.68. The lowest BCUT2D eigenvalue weighted by atomic mass is 10.1. The third-order valence-electron chi connectivity index (χ3n) is 3.85.